The molecule has 1 fully saturated rings. The van der Waals surface area contributed by atoms with E-state index in [0.29, 0.717) is 39.2 Å². The van der Waals surface area contributed by atoms with E-state index in [4.69, 9.17) is 21.1 Å². The first kappa shape index (κ1) is 26.3. The number of hydrogen-bond donors (Lipinski definition) is 1. The van der Waals surface area contributed by atoms with Crippen molar-refractivity contribution in [3.05, 3.63) is 93.3 Å². The fourth-order valence-corrected chi connectivity index (χ4v) is 4.66. The third-order valence-electron chi connectivity index (χ3n) is 5.50. The van der Waals surface area contributed by atoms with Crippen molar-refractivity contribution in [2.24, 2.45) is 0 Å². The van der Waals surface area contributed by atoms with Crippen molar-refractivity contribution in [2.45, 2.75) is 20.4 Å². The summed E-state index contributed by atoms with van der Waals surface area (Å²) in [5.41, 5.74) is 3.02. The number of nitrogens with zero attached hydrogens (tertiary/aromatic N) is 1. The molecule has 1 aliphatic rings. The minimum absolute atomic E-state index is 0.100. The molecule has 4 rings (SSSR count). The summed E-state index contributed by atoms with van der Waals surface area (Å²) >= 11 is 7.07. The monoisotopic (exact) mass is 536 g/mol. The molecule has 0 bridgehead atoms. The van der Waals surface area contributed by atoms with Crippen molar-refractivity contribution in [1.82, 2.24) is 4.90 Å². The van der Waals surface area contributed by atoms with Gasteiger partial charge in [0.2, 0.25) is 0 Å². The van der Waals surface area contributed by atoms with Crippen LogP contribution in [0.5, 0.6) is 11.5 Å². The second-order valence-corrected chi connectivity index (χ2v) is 9.55. The Hall–Kier alpha value is -3.75. The van der Waals surface area contributed by atoms with E-state index in [0.717, 1.165) is 23.0 Å². The van der Waals surface area contributed by atoms with Gasteiger partial charge in [0, 0.05) is 10.7 Å². The molecule has 1 saturated heterocycles. The van der Waals surface area contributed by atoms with Crippen LogP contribution in [0.1, 0.15) is 23.6 Å². The maximum absolute atomic E-state index is 12.9. The van der Waals surface area contributed by atoms with Crippen LogP contribution in [0.4, 0.5) is 10.5 Å². The van der Waals surface area contributed by atoms with Crippen molar-refractivity contribution in [3.8, 4) is 11.5 Å². The average molecular weight is 537 g/mol. The molecule has 0 radical (unpaired) electrons. The van der Waals surface area contributed by atoms with Crippen LogP contribution in [0.3, 0.4) is 0 Å². The highest BCUT2D eigenvalue weighted by Gasteiger charge is 2.35. The molecular formula is C28H25ClN2O5S. The number of aryl methyl sites for hydroxylation is 1. The van der Waals surface area contributed by atoms with Gasteiger partial charge in [-0.25, -0.2) is 0 Å². The summed E-state index contributed by atoms with van der Waals surface area (Å²) in [6.07, 6.45) is 1.63. The number of carbonyl (C=O) groups is 3. The van der Waals surface area contributed by atoms with Crippen molar-refractivity contribution in [1.29, 1.82) is 0 Å². The number of imide groups is 1. The van der Waals surface area contributed by atoms with E-state index in [9.17, 15) is 14.4 Å². The third-order valence-corrected chi connectivity index (χ3v) is 6.78. The molecule has 0 aliphatic carbocycles. The third kappa shape index (κ3) is 6.53. The van der Waals surface area contributed by atoms with Crippen molar-refractivity contribution >= 4 is 52.2 Å². The van der Waals surface area contributed by atoms with Gasteiger partial charge in [-0.15, -0.1) is 0 Å². The van der Waals surface area contributed by atoms with Gasteiger partial charge in [0.1, 0.15) is 0 Å². The predicted molar refractivity (Wildman–Crippen MR) is 146 cm³/mol. The fourth-order valence-electron chi connectivity index (χ4n) is 3.63. The van der Waals surface area contributed by atoms with Crippen LogP contribution in [0, 0.1) is 6.92 Å². The maximum Gasteiger partial charge on any atom is 0.293 e. The molecule has 37 heavy (non-hydrogen) atoms. The normalized spacial score (nSPS) is 14.2. The number of hydrogen-bond acceptors (Lipinski definition) is 6. The topological polar surface area (TPSA) is 84.9 Å². The van der Waals surface area contributed by atoms with Crippen LogP contribution < -0.4 is 14.8 Å². The Bertz CT molecular complexity index is 1370. The number of para-hydroxylation sites is 1. The summed E-state index contributed by atoms with van der Waals surface area (Å²) in [5.74, 6) is 0.134. The number of anilines is 1. The van der Waals surface area contributed by atoms with Crippen molar-refractivity contribution in [3.63, 3.8) is 0 Å². The van der Waals surface area contributed by atoms with Crippen molar-refractivity contribution < 1.29 is 23.9 Å². The minimum atomic E-state index is -0.388. The smallest absolute Gasteiger partial charge is 0.293 e. The lowest BCUT2D eigenvalue weighted by molar-refractivity contribution is -0.123. The van der Waals surface area contributed by atoms with E-state index >= 15 is 0 Å². The molecule has 1 aliphatic heterocycles. The highest BCUT2D eigenvalue weighted by atomic mass is 35.5. The van der Waals surface area contributed by atoms with Crippen LogP contribution in [0.25, 0.3) is 6.08 Å². The molecule has 7 nitrogen and oxygen atoms in total. The van der Waals surface area contributed by atoms with Gasteiger partial charge in [0.25, 0.3) is 17.1 Å². The first-order valence-corrected chi connectivity index (χ1v) is 12.8. The molecule has 0 saturated carbocycles. The summed E-state index contributed by atoms with van der Waals surface area (Å²) in [6, 6.07) is 19.7. The fraction of sp³-hybridized carbons (Fsp3) is 0.179. The lowest BCUT2D eigenvalue weighted by Gasteiger charge is -2.14. The van der Waals surface area contributed by atoms with Gasteiger partial charge in [-0.1, -0.05) is 54.1 Å². The van der Waals surface area contributed by atoms with Crippen LogP contribution in [0.15, 0.2) is 71.6 Å². The zero-order valence-electron chi connectivity index (χ0n) is 20.3. The molecule has 9 heteroatoms. The molecule has 0 aromatic heterocycles. The number of benzene rings is 3. The van der Waals surface area contributed by atoms with E-state index in [2.05, 4.69) is 5.32 Å². The Morgan fingerprint density at radius 3 is 2.54 bits per heavy atom. The van der Waals surface area contributed by atoms with Gasteiger partial charge in [-0.05, 0) is 72.6 Å². The number of halogens is 1. The molecule has 1 N–H and O–H groups in total. The van der Waals surface area contributed by atoms with E-state index in [-0.39, 0.29) is 30.2 Å². The number of rotatable bonds is 9. The number of ether oxygens (including phenoxy) is 2. The van der Waals surface area contributed by atoms with Gasteiger partial charge in [-0.2, -0.15) is 0 Å². The summed E-state index contributed by atoms with van der Waals surface area (Å²) in [5, 5.41) is 2.96. The Balaban J connectivity index is 1.45. The summed E-state index contributed by atoms with van der Waals surface area (Å²) in [4.78, 5) is 39.3. The zero-order valence-corrected chi connectivity index (χ0v) is 21.9. The standard InChI is InChI=1S/C28H25ClN2O5S/c1-3-35-24-14-19(12-13-23(24)36-17-26(32)30-22-11-7-4-8-18(22)2)15-25-27(33)31(28(34)37-25)16-20-9-5-6-10-21(20)29/h4-15H,3,16-17H2,1-2H3,(H,30,32)/b25-15-. The molecule has 0 unspecified atom stereocenters. The molecule has 0 spiro atoms. The van der Waals surface area contributed by atoms with Crippen LogP contribution in [-0.4, -0.2) is 35.2 Å². The zero-order chi connectivity index (χ0) is 26.4. The van der Waals surface area contributed by atoms with Gasteiger partial charge in [0.05, 0.1) is 18.1 Å². The second-order valence-electron chi connectivity index (χ2n) is 8.15. The lowest BCUT2D eigenvalue weighted by atomic mass is 10.1. The summed E-state index contributed by atoms with van der Waals surface area (Å²) < 4.78 is 11.4. The number of nitrogens with one attached hydrogen (secondary N) is 1. The largest absolute Gasteiger partial charge is 0.490 e. The highest BCUT2D eigenvalue weighted by molar-refractivity contribution is 8.18. The van der Waals surface area contributed by atoms with Crippen molar-refractivity contribution in [2.75, 3.05) is 18.5 Å². The Morgan fingerprint density at radius 1 is 1.03 bits per heavy atom. The lowest BCUT2D eigenvalue weighted by Crippen LogP contribution is -2.27. The average Bonchev–Trinajstić information content (AvgIpc) is 3.13. The van der Waals surface area contributed by atoms with Crippen LogP contribution in [0.2, 0.25) is 5.02 Å². The van der Waals surface area contributed by atoms with Gasteiger partial charge in [-0.3, -0.25) is 19.3 Å². The quantitative estimate of drug-likeness (QED) is 0.323. The molecule has 0 atom stereocenters. The van der Waals surface area contributed by atoms with Crippen LogP contribution >= 0.6 is 23.4 Å². The second kappa shape index (κ2) is 12.0. The first-order chi connectivity index (χ1) is 17.9. The number of carbonyl (C=O) groups excluding carboxylic acids is 3. The number of amides is 3. The van der Waals surface area contributed by atoms with E-state index < -0.39 is 0 Å². The Labute approximate surface area is 224 Å². The molecular weight excluding hydrogens is 512 g/mol. The predicted octanol–water partition coefficient (Wildman–Crippen LogP) is 6.30. The van der Waals surface area contributed by atoms with Gasteiger partial charge < -0.3 is 14.8 Å². The summed E-state index contributed by atoms with van der Waals surface area (Å²) in [7, 11) is 0. The molecule has 3 aromatic rings. The molecule has 1 heterocycles. The van der Waals surface area contributed by atoms with Gasteiger partial charge in [0.15, 0.2) is 18.1 Å². The van der Waals surface area contributed by atoms with Crippen LogP contribution in [-0.2, 0) is 16.1 Å². The minimum Gasteiger partial charge on any atom is -0.490 e. The Kier molecular flexibility index (Phi) is 8.53. The number of thioether (sulfide) groups is 1. The highest BCUT2D eigenvalue weighted by Crippen LogP contribution is 2.36. The molecule has 190 valence electrons. The van der Waals surface area contributed by atoms with E-state index in [1.807, 2.05) is 38.1 Å². The SMILES string of the molecule is CCOc1cc(/C=C2\SC(=O)N(Cc3ccccc3Cl)C2=O)ccc1OCC(=O)Nc1ccccc1C. The summed E-state index contributed by atoms with van der Waals surface area (Å²) in [6.45, 7) is 4.02. The van der Waals surface area contributed by atoms with Gasteiger partial charge >= 0.3 is 0 Å². The van der Waals surface area contributed by atoms with E-state index in [1.54, 1.807) is 48.5 Å². The molecule has 3 amide bonds. The maximum atomic E-state index is 12.9. The Morgan fingerprint density at radius 2 is 1.78 bits per heavy atom. The first-order valence-electron chi connectivity index (χ1n) is 11.6. The van der Waals surface area contributed by atoms with E-state index in [1.165, 1.54) is 4.90 Å². The molecule has 3 aromatic carbocycles.